The van der Waals surface area contributed by atoms with Gasteiger partial charge in [-0.05, 0) is 54.8 Å². The lowest BCUT2D eigenvalue weighted by atomic mass is 9.97. The minimum atomic E-state index is -1.70. The van der Waals surface area contributed by atoms with Crippen LogP contribution >= 0.6 is 0 Å². The third kappa shape index (κ3) is 7.83. The number of esters is 1. The molecule has 2 heterocycles. The lowest BCUT2D eigenvalue weighted by molar-refractivity contribution is -0.357. The van der Waals surface area contributed by atoms with Gasteiger partial charge in [0.25, 0.3) is 0 Å². The summed E-state index contributed by atoms with van der Waals surface area (Å²) in [6.45, 7) is 0.696. The second-order valence-electron chi connectivity index (χ2n) is 10.4. The lowest BCUT2D eigenvalue weighted by Gasteiger charge is -2.45. The summed E-state index contributed by atoms with van der Waals surface area (Å²) in [7, 11) is 0. The molecule has 2 saturated heterocycles. The molecule has 15 nitrogen and oxygen atoms in total. The fourth-order valence-corrected chi connectivity index (χ4v) is 4.68. The van der Waals surface area contributed by atoms with Crippen molar-refractivity contribution in [1.82, 2.24) is 0 Å². The molecule has 0 radical (unpaired) electrons. The van der Waals surface area contributed by atoms with Crippen molar-refractivity contribution in [2.24, 2.45) is 0 Å². The van der Waals surface area contributed by atoms with Gasteiger partial charge in [0.1, 0.15) is 42.7 Å². The van der Waals surface area contributed by atoms with Crippen LogP contribution in [0.4, 0.5) is 0 Å². The first-order valence-electron chi connectivity index (χ1n) is 13.7. The molecule has 242 valence electrons. The molecule has 0 unspecified atom stereocenters. The Bertz CT molecular complexity index is 1300. The standard InChI is InChI=1S/C29H36O15/c1-13-22(35)24(37)25(38)29(41-13)44-27-23(36)20(12-30)43-28(26(27)39)40-9-8-15-3-6-19(18(33)11-15)42-21(34)7-4-14-2-5-16(31)17(32)10-14/h2-7,10-11,13,20,22-33,35-39H,8-9,12H2,1H3/t13-,20-,22-,23+,24+,25+,26-,27+,28-,29+/m1/s1. The first-order valence-corrected chi connectivity index (χ1v) is 13.7. The molecule has 0 amide bonds. The van der Waals surface area contributed by atoms with Crippen LogP contribution < -0.4 is 4.74 Å². The molecule has 2 aromatic carbocycles. The first-order chi connectivity index (χ1) is 20.9. The highest BCUT2D eigenvalue weighted by molar-refractivity contribution is 5.89. The maximum Gasteiger partial charge on any atom is 0.336 e. The zero-order valence-corrected chi connectivity index (χ0v) is 23.5. The molecule has 9 N–H and O–H groups in total. The van der Waals surface area contributed by atoms with E-state index < -0.39 is 74.0 Å². The topological polar surface area (TPSA) is 245 Å². The lowest BCUT2D eigenvalue weighted by Crippen LogP contribution is -2.64. The van der Waals surface area contributed by atoms with Crippen molar-refractivity contribution in [2.75, 3.05) is 13.2 Å². The molecule has 10 atom stereocenters. The number of phenols is 3. The van der Waals surface area contributed by atoms with Crippen LogP contribution in [0.15, 0.2) is 42.5 Å². The van der Waals surface area contributed by atoms with E-state index in [1.807, 2.05) is 0 Å². The summed E-state index contributed by atoms with van der Waals surface area (Å²) in [5, 5.41) is 90.5. The van der Waals surface area contributed by atoms with Gasteiger partial charge in [0.15, 0.2) is 35.6 Å². The maximum atomic E-state index is 12.2. The Labute approximate surface area is 251 Å². The van der Waals surface area contributed by atoms with Crippen LogP contribution in [0, 0.1) is 0 Å². The van der Waals surface area contributed by atoms with Crippen LogP contribution in [0.2, 0.25) is 0 Å². The maximum absolute atomic E-state index is 12.2. The van der Waals surface area contributed by atoms with Crippen molar-refractivity contribution in [3.63, 3.8) is 0 Å². The molecule has 2 aliphatic heterocycles. The van der Waals surface area contributed by atoms with Crippen molar-refractivity contribution in [1.29, 1.82) is 0 Å². The third-order valence-corrected chi connectivity index (χ3v) is 7.24. The number of aliphatic hydroxyl groups excluding tert-OH is 6. The predicted molar refractivity (Wildman–Crippen MR) is 147 cm³/mol. The molecular formula is C29H36O15. The van der Waals surface area contributed by atoms with E-state index in [1.54, 1.807) is 6.07 Å². The van der Waals surface area contributed by atoms with Crippen LogP contribution in [0.3, 0.4) is 0 Å². The van der Waals surface area contributed by atoms with Gasteiger partial charge in [0.2, 0.25) is 0 Å². The van der Waals surface area contributed by atoms with Crippen LogP contribution in [0.25, 0.3) is 6.08 Å². The van der Waals surface area contributed by atoms with E-state index in [0.29, 0.717) is 11.1 Å². The number of rotatable bonds is 10. The number of benzene rings is 2. The van der Waals surface area contributed by atoms with Gasteiger partial charge in [-0.15, -0.1) is 0 Å². The number of carbonyl (C=O) groups is 1. The number of hydrogen-bond donors (Lipinski definition) is 9. The van der Waals surface area contributed by atoms with E-state index in [0.717, 1.165) is 6.08 Å². The normalized spacial score (nSPS) is 32.5. The molecule has 2 aromatic rings. The summed E-state index contributed by atoms with van der Waals surface area (Å²) in [5.74, 6) is -1.94. The molecule has 15 heteroatoms. The zero-order chi connectivity index (χ0) is 32.1. The van der Waals surface area contributed by atoms with Crippen LogP contribution in [-0.4, -0.2) is 127 Å². The van der Waals surface area contributed by atoms with Gasteiger partial charge in [-0.3, -0.25) is 0 Å². The van der Waals surface area contributed by atoms with Crippen molar-refractivity contribution in [3.8, 4) is 23.0 Å². The van der Waals surface area contributed by atoms with Crippen LogP contribution in [0.1, 0.15) is 18.1 Å². The van der Waals surface area contributed by atoms with Gasteiger partial charge >= 0.3 is 5.97 Å². The van der Waals surface area contributed by atoms with Gasteiger partial charge in [0.05, 0.1) is 19.3 Å². The molecule has 0 saturated carbocycles. The minimum Gasteiger partial charge on any atom is -0.504 e. The summed E-state index contributed by atoms with van der Waals surface area (Å²) in [6, 6.07) is 8.22. The molecule has 0 aromatic heterocycles. The Balaban J connectivity index is 1.32. The van der Waals surface area contributed by atoms with Gasteiger partial charge in [0, 0.05) is 6.08 Å². The van der Waals surface area contributed by atoms with Gasteiger partial charge in [-0.1, -0.05) is 12.1 Å². The van der Waals surface area contributed by atoms with E-state index in [-0.39, 0.29) is 36.0 Å². The number of phenolic OH excluding ortho intramolecular Hbond substituents is 3. The molecule has 2 fully saturated rings. The minimum absolute atomic E-state index is 0.0754. The highest BCUT2D eigenvalue weighted by Gasteiger charge is 2.50. The number of hydrogen-bond acceptors (Lipinski definition) is 15. The molecule has 0 spiro atoms. The Morgan fingerprint density at radius 1 is 0.841 bits per heavy atom. The molecule has 0 aliphatic carbocycles. The fraction of sp³-hybridized carbons (Fsp3) is 0.483. The predicted octanol–water partition coefficient (Wildman–Crippen LogP) is -1.37. The van der Waals surface area contributed by atoms with Gasteiger partial charge < -0.3 is 69.6 Å². The quantitative estimate of drug-likeness (QED) is 0.0641. The molecule has 4 rings (SSSR count). The van der Waals surface area contributed by atoms with Crippen molar-refractivity contribution in [3.05, 3.63) is 53.6 Å². The Kier molecular flexibility index (Phi) is 11.1. The van der Waals surface area contributed by atoms with Crippen LogP contribution in [0.5, 0.6) is 23.0 Å². The van der Waals surface area contributed by atoms with E-state index in [4.69, 9.17) is 23.7 Å². The molecule has 2 aliphatic rings. The average Bonchev–Trinajstić information content (AvgIpc) is 2.99. The second-order valence-corrected chi connectivity index (χ2v) is 10.4. The van der Waals surface area contributed by atoms with E-state index in [1.165, 1.54) is 43.3 Å². The van der Waals surface area contributed by atoms with Crippen molar-refractivity contribution >= 4 is 12.0 Å². The summed E-state index contributed by atoms with van der Waals surface area (Å²) >= 11 is 0. The largest absolute Gasteiger partial charge is 0.504 e. The Morgan fingerprint density at radius 3 is 2.27 bits per heavy atom. The average molecular weight is 625 g/mol. The summed E-state index contributed by atoms with van der Waals surface area (Å²) < 4.78 is 27.2. The highest BCUT2D eigenvalue weighted by Crippen LogP contribution is 2.31. The molecular weight excluding hydrogens is 588 g/mol. The summed E-state index contributed by atoms with van der Waals surface area (Å²) in [5.41, 5.74) is 0.976. The van der Waals surface area contributed by atoms with E-state index in [9.17, 15) is 50.8 Å². The van der Waals surface area contributed by atoms with Crippen molar-refractivity contribution < 1.29 is 74.4 Å². The van der Waals surface area contributed by atoms with Crippen molar-refractivity contribution in [2.45, 2.75) is 74.8 Å². The van der Waals surface area contributed by atoms with E-state index >= 15 is 0 Å². The molecule has 0 bridgehead atoms. The number of aliphatic hydroxyl groups is 6. The summed E-state index contributed by atoms with van der Waals surface area (Å²) in [6.07, 6.45) is -11.9. The fourth-order valence-electron chi connectivity index (χ4n) is 4.68. The SMILES string of the molecule is C[C@H]1O[C@@H](O[C@H]2[C@@H](O)[C@@H](CO)O[C@@H](OCCc3ccc(OC(=O)C=Cc4ccc(O)c(O)c4)c(O)c3)[C@@H]2O)[C@@H](O)[C@@H](O)[C@@H]1O. The first kappa shape index (κ1) is 33.5. The van der Waals surface area contributed by atoms with Gasteiger partial charge in [-0.25, -0.2) is 4.79 Å². The summed E-state index contributed by atoms with van der Waals surface area (Å²) in [4.78, 5) is 12.2. The Morgan fingerprint density at radius 2 is 1.59 bits per heavy atom. The van der Waals surface area contributed by atoms with Crippen LogP contribution in [-0.2, 0) is 30.2 Å². The second kappa shape index (κ2) is 14.6. The smallest absolute Gasteiger partial charge is 0.336 e. The Hall–Kier alpha value is -3.35. The number of ether oxygens (including phenoxy) is 5. The zero-order valence-electron chi connectivity index (χ0n) is 23.5. The molecule has 44 heavy (non-hydrogen) atoms. The third-order valence-electron chi connectivity index (χ3n) is 7.24. The number of carbonyl (C=O) groups excluding carboxylic acids is 1. The number of aromatic hydroxyl groups is 3. The van der Waals surface area contributed by atoms with Gasteiger partial charge in [-0.2, -0.15) is 0 Å². The highest BCUT2D eigenvalue weighted by atomic mass is 16.7. The monoisotopic (exact) mass is 624 g/mol. The van der Waals surface area contributed by atoms with E-state index in [2.05, 4.69) is 0 Å².